The Morgan fingerprint density at radius 2 is 1.74 bits per heavy atom. The highest BCUT2D eigenvalue weighted by Crippen LogP contribution is 2.38. The number of halogens is 3. The maximum Gasteiger partial charge on any atom is 0.422 e. The van der Waals surface area contributed by atoms with Crippen LogP contribution in [0.1, 0.15) is 57.6 Å². The van der Waals surface area contributed by atoms with E-state index in [1.54, 1.807) is 12.1 Å². The molecule has 1 atom stereocenters. The SMILES string of the molecule is CC1(C)OC(=O)N(c2ccc(Cl)c(OC[C@H]3CC[C@H](C(=O)N4OCC[C@H]4c4cc(F)cc(F)c4)CC3)c2)C1=O. The topological polar surface area (TPSA) is 85.4 Å². The molecule has 2 saturated heterocycles. The number of hydrogen-bond acceptors (Lipinski definition) is 6. The van der Waals surface area contributed by atoms with Gasteiger partial charge in [0.05, 0.1) is 30.0 Å². The Bertz CT molecular complexity index is 1280. The fourth-order valence-corrected chi connectivity index (χ4v) is 5.52. The predicted octanol–water partition coefficient (Wildman–Crippen LogP) is 5.97. The number of imide groups is 1. The summed E-state index contributed by atoms with van der Waals surface area (Å²) in [6, 6.07) is 7.41. The zero-order chi connectivity index (χ0) is 27.9. The van der Waals surface area contributed by atoms with Crippen molar-refractivity contribution in [3.8, 4) is 5.75 Å². The zero-order valence-corrected chi connectivity index (χ0v) is 22.4. The van der Waals surface area contributed by atoms with Crippen molar-refractivity contribution in [1.82, 2.24) is 5.06 Å². The number of carbonyl (C=O) groups excluding carboxylic acids is 3. The molecule has 11 heteroatoms. The molecule has 5 rings (SSSR count). The fourth-order valence-electron chi connectivity index (χ4n) is 5.34. The summed E-state index contributed by atoms with van der Waals surface area (Å²) < 4.78 is 38.6. The van der Waals surface area contributed by atoms with Crippen LogP contribution in [0.25, 0.3) is 0 Å². The minimum atomic E-state index is -1.25. The van der Waals surface area contributed by atoms with Crippen molar-refractivity contribution in [1.29, 1.82) is 0 Å². The van der Waals surface area contributed by atoms with E-state index in [9.17, 15) is 23.2 Å². The lowest BCUT2D eigenvalue weighted by Gasteiger charge is -2.32. The Morgan fingerprint density at radius 1 is 1.05 bits per heavy atom. The second kappa shape index (κ2) is 10.7. The summed E-state index contributed by atoms with van der Waals surface area (Å²) in [7, 11) is 0. The van der Waals surface area contributed by atoms with Crippen LogP contribution < -0.4 is 9.64 Å². The highest BCUT2D eigenvalue weighted by atomic mass is 35.5. The maximum absolute atomic E-state index is 13.8. The summed E-state index contributed by atoms with van der Waals surface area (Å²) in [5.41, 5.74) is -0.559. The van der Waals surface area contributed by atoms with Crippen molar-refractivity contribution in [2.45, 2.75) is 57.6 Å². The Hall–Kier alpha value is -3.24. The molecule has 2 heterocycles. The van der Waals surface area contributed by atoms with Gasteiger partial charge in [0.1, 0.15) is 17.4 Å². The van der Waals surface area contributed by atoms with Crippen molar-refractivity contribution in [3.05, 3.63) is 58.6 Å². The van der Waals surface area contributed by atoms with Gasteiger partial charge in [-0.3, -0.25) is 14.4 Å². The fraction of sp³-hybridized carbons (Fsp3) is 0.464. The monoisotopic (exact) mass is 562 g/mol. The number of benzene rings is 2. The molecule has 2 aromatic carbocycles. The molecule has 3 fully saturated rings. The van der Waals surface area contributed by atoms with E-state index >= 15 is 0 Å². The number of carbonyl (C=O) groups is 3. The van der Waals surface area contributed by atoms with Gasteiger partial charge in [-0.1, -0.05) is 11.6 Å². The molecule has 0 spiro atoms. The standard InChI is InChI=1S/C28H29ClF2N2O6/c1-28(2)26(35)32(27(36)39-28)21-7-8-22(29)24(14-21)37-15-16-3-5-17(6-4-16)25(34)33-23(9-10-38-33)18-11-19(30)13-20(31)12-18/h7-8,11-14,16-17,23H,3-6,9-10,15H2,1-2H3/t16-,17-,23-/m0/s1. The van der Waals surface area contributed by atoms with Crippen LogP contribution in [0.5, 0.6) is 5.75 Å². The molecule has 1 saturated carbocycles. The highest BCUT2D eigenvalue weighted by molar-refractivity contribution is 6.32. The van der Waals surface area contributed by atoms with E-state index in [-0.39, 0.29) is 17.7 Å². The molecule has 0 aromatic heterocycles. The summed E-state index contributed by atoms with van der Waals surface area (Å²) >= 11 is 6.31. The largest absolute Gasteiger partial charge is 0.492 e. The van der Waals surface area contributed by atoms with Crippen LogP contribution >= 0.6 is 11.6 Å². The Balaban J connectivity index is 1.17. The summed E-state index contributed by atoms with van der Waals surface area (Å²) in [6.07, 6.45) is 2.41. The summed E-state index contributed by atoms with van der Waals surface area (Å²) in [4.78, 5) is 44.6. The quantitative estimate of drug-likeness (QED) is 0.431. The Kier molecular flexibility index (Phi) is 7.52. The van der Waals surface area contributed by atoms with Gasteiger partial charge in [-0.15, -0.1) is 0 Å². The number of anilines is 1. The van der Waals surface area contributed by atoms with E-state index in [2.05, 4.69) is 0 Å². The number of hydrogen-bond donors (Lipinski definition) is 0. The number of ether oxygens (including phenoxy) is 2. The van der Waals surface area contributed by atoms with Crippen molar-refractivity contribution in [2.75, 3.05) is 18.1 Å². The van der Waals surface area contributed by atoms with Gasteiger partial charge in [0, 0.05) is 24.5 Å². The number of nitrogens with zero attached hydrogens (tertiary/aromatic N) is 2. The number of rotatable bonds is 6. The number of hydroxylamine groups is 2. The van der Waals surface area contributed by atoms with Crippen LogP contribution in [0, 0.1) is 23.5 Å². The maximum atomic E-state index is 13.8. The van der Waals surface area contributed by atoms with Crippen molar-refractivity contribution < 1.29 is 37.5 Å². The van der Waals surface area contributed by atoms with Crippen LogP contribution in [-0.4, -0.2) is 41.8 Å². The van der Waals surface area contributed by atoms with Crippen LogP contribution in [0.4, 0.5) is 19.3 Å². The van der Waals surface area contributed by atoms with Gasteiger partial charge < -0.3 is 9.47 Å². The molecule has 3 amide bonds. The molecular formula is C28H29ClF2N2O6. The minimum absolute atomic E-state index is 0.165. The molecule has 0 radical (unpaired) electrons. The molecule has 208 valence electrons. The van der Waals surface area contributed by atoms with Gasteiger partial charge >= 0.3 is 6.09 Å². The molecule has 39 heavy (non-hydrogen) atoms. The molecule has 0 unspecified atom stereocenters. The van der Waals surface area contributed by atoms with Gasteiger partial charge in [-0.05, 0) is 75.3 Å². The summed E-state index contributed by atoms with van der Waals surface area (Å²) in [5.74, 6) is -1.79. The van der Waals surface area contributed by atoms with Crippen LogP contribution in [0.3, 0.4) is 0 Å². The van der Waals surface area contributed by atoms with Crippen LogP contribution in [0.15, 0.2) is 36.4 Å². The summed E-state index contributed by atoms with van der Waals surface area (Å²) in [6.45, 7) is 3.70. The number of amides is 3. The molecule has 8 nitrogen and oxygen atoms in total. The van der Waals surface area contributed by atoms with Crippen LogP contribution in [0.2, 0.25) is 5.02 Å². The first kappa shape index (κ1) is 27.3. The minimum Gasteiger partial charge on any atom is -0.492 e. The lowest BCUT2D eigenvalue weighted by molar-refractivity contribution is -0.183. The molecule has 2 aliphatic heterocycles. The van der Waals surface area contributed by atoms with Gasteiger partial charge in [-0.25, -0.2) is 23.5 Å². The van der Waals surface area contributed by atoms with E-state index < -0.39 is 35.3 Å². The molecule has 3 aliphatic rings. The first-order valence-corrected chi connectivity index (χ1v) is 13.3. The Labute approximate surface area is 229 Å². The lowest BCUT2D eigenvalue weighted by Crippen LogP contribution is -2.37. The smallest absolute Gasteiger partial charge is 0.422 e. The third-order valence-corrected chi connectivity index (χ3v) is 7.79. The normalized spacial score (nSPS) is 24.7. The summed E-state index contributed by atoms with van der Waals surface area (Å²) in [5, 5.41) is 1.63. The lowest BCUT2D eigenvalue weighted by atomic mass is 9.81. The van der Waals surface area contributed by atoms with E-state index in [1.165, 1.54) is 37.1 Å². The molecule has 2 aromatic rings. The van der Waals surface area contributed by atoms with E-state index in [0.29, 0.717) is 54.5 Å². The average Bonchev–Trinajstić information content (AvgIpc) is 3.45. The molecular weight excluding hydrogens is 534 g/mol. The van der Waals surface area contributed by atoms with Crippen LogP contribution in [-0.2, 0) is 19.2 Å². The first-order chi connectivity index (χ1) is 18.5. The number of cyclic esters (lactones) is 1. The predicted molar refractivity (Wildman–Crippen MR) is 137 cm³/mol. The van der Waals surface area contributed by atoms with E-state index in [1.807, 2.05) is 0 Å². The first-order valence-electron chi connectivity index (χ1n) is 13.0. The average molecular weight is 563 g/mol. The third-order valence-electron chi connectivity index (χ3n) is 7.48. The molecule has 0 N–H and O–H groups in total. The third kappa shape index (κ3) is 5.58. The Morgan fingerprint density at radius 3 is 2.38 bits per heavy atom. The van der Waals surface area contributed by atoms with Gasteiger partial charge in [0.25, 0.3) is 5.91 Å². The second-order valence-electron chi connectivity index (χ2n) is 10.7. The zero-order valence-electron chi connectivity index (χ0n) is 21.6. The van der Waals surface area contributed by atoms with E-state index in [4.69, 9.17) is 25.9 Å². The van der Waals surface area contributed by atoms with Gasteiger partial charge in [-0.2, -0.15) is 0 Å². The van der Waals surface area contributed by atoms with Gasteiger partial charge in [0.2, 0.25) is 5.91 Å². The van der Waals surface area contributed by atoms with E-state index in [0.717, 1.165) is 23.8 Å². The van der Waals surface area contributed by atoms with Crippen molar-refractivity contribution in [3.63, 3.8) is 0 Å². The highest BCUT2D eigenvalue weighted by Gasteiger charge is 2.48. The van der Waals surface area contributed by atoms with Crippen molar-refractivity contribution >= 4 is 35.2 Å². The molecule has 0 bridgehead atoms. The van der Waals surface area contributed by atoms with Crippen molar-refractivity contribution in [2.24, 2.45) is 11.8 Å². The van der Waals surface area contributed by atoms with Gasteiger partial charge in [0.15, 0.2) is 5.60 Å². The molecule has 1 aliphatic carbocycles. The second-order valence-corrected chi connectivity index (χ2v) is 11.1.